The van der Waals surface area contributed by atoms with Gasteiger partial charge in [0.2, 0.25) is 5.91 Å². The fourth-order valence-corrected chi connectivity index (χ4v) is 6.72. The number of sulfone groups is 1. The molecule has 10 nitrogen and oxygen atoms in total. The number of benzene rings is 1. The lowest BCUT2D eigenvalue weighted by Gasteiger charge is -2.49. The molecule has 38 heavy (non-hydrogen) atoms. The predicted molar refractivity (Wildman–Crippen MR) is 135 cm³/mol. The van der Waals surface area contributed by atoms with Gasteiger partial charge in [-0.15, -0.1) is 0 Å². The standard InChI is InChI=1S/C25H34F2N6O4S/c1-16(2)38(36,37)18-6-4-17(5-7-18)30-21-20-19(8-13-29-22(20)34)33(31-21)25(9-12-28)10-14-32(15-11-25)23(35)24(3,26)27/h4-7,16,19-21,30-31H,8-11,13-15H2,1-3H3,(H,29,34). The lowest BCUT2D eigenvalue weighted by Crippen LogP contribution is -2.63. The van der Waals surface area contributed by atoms with Crippen molar-refractivity contribution in [2.75, 3.05) is 25.0 Å². The highest BCUT2D eigenvalue weighted by atomic mass is 32.2. The van der Waals surface area contributed by atoms with E-state index in [0.29, 0.717) is 38.4 Å². The van der Waals surface area contributed by atoms with E-state index in [-0.39, 0.29) is 36.4 Å². The Labute approximate surface area is 221 Å². The minimum Gasteiger partial charge on any atom is -0.368 e. The van der Waals surface area contributed by atoms with Crippen LogP contribution < -0.4 is 16.1 Å². The van der Waals surface area contributed by atoms with E-state index in [1.165, 1.54) is 12.1 Å². The first-order valence-electron chi connectivity index (χ1n) is 12.8. The van der Waals surface area contributed by atoms with Gasteiger partial charge < -0.3 is 15.5 Å². The van der Waals surface area contributed by atoms with Crippen LogP contribution in [0.15, 0.2) is 29.2 Å². The van der Waals surface area contributed by atoms with Gasteiger partial charge in [0.05, 0.1) is 34.1 Å². The van der Waals surface area contributed by atoms with Crippen molar-refractivity contribution in [3.05, 3.63) is 24.3 Å². The van der Waals surface area contributed by atoms with E-state index < -0.39 is 44.5 Å². The molecule has 2 amide bonds. The van der Waals surface area contributed by atoms with Crippen LogP contribution in [0.4, 0.5) is 14.5 Å². The number of nitrogens with one attached hydrogen (secondary N) is 3. The van der Waals surface area contributed by atoms with Crippen molar-refractivity contribution in [3.8, 4) is 6.07 Å². The first-order chi connectivity index (χ1) is 17.8. The summed E-state index contributed by atoms with van der Waals surface area (Å²) in [5.41, 5.74) is 3.25. The summed E-state index contributed by atoms with van der Waals surface area (Å²) in [6, 6.07) is 8.30. The average molecular weight is 553 g/mol. The Morgan fingerprint density at radius 2 is 1.89 bits per heavy atom. The highest BCUT2D eigenvalue weighted by Crippen LogP contribution is 2.40. The van der Waals surface area contributed by atoms with Gasteiger partial charge in [-0.3, -0.25) is 9.59 Å². The predicted octanol–water partition coefficient (Wildman–Crippen LogP) is 1.86. The van der Waals surface area contributed by atoms with Crippen molar-refractivity contribution in [1.82, 2.24) is 20.7 Å². The summed E-state index contributed by atoms with van der Waals surface area (Å²) in [6.07, 6.45) is 0.770. The molecule has 3 fully saturated rings. The quantitative estimate of drug-likeness (QED) is 0.467. The SMILES string of the molecule is CC(C)S(=O)(=O)c1ccc(NC2NN(C3(CC#N)CCN(C(=O)C(C)(F)F)CC3)C3CCNC(=O)C23)cc1. The van der Waals surface area contributed by atoms with Crippen molar-refractivity contribution < 1.29 is 26.8 Å². The second-order valence-electron chi connectivity index (χ2n) is 10.7. The normalized spacial score (nSPS) is 26.0. The van der Waals surface area contributed by atoms with Gasteiger partial charge in [-0.25, -0.2) is 18.9 Å². The van der Waals surface area contributed by atoms with Crippen molar-refractivity contribution >= 4 is 27.3 Å². The number of carbonyl (C=O) groups is 2. The fourth-order valence-electron chi connectivity index (χ4n) is 5.66. The Morgan fingerprint density at radius 1 is 1.26 bits per heavy atom. The van der Waals surface area contributed by atoms with Crippen LogP contribution in [0.2, 0.25) is 0 Å². The summed E-state index contributed by atoms with van der Waals surface area (Å²) in [7, 11) is -3.43. The van der Waals surface area contributed by atoms with Gasteiger partial charge in [-0.1, -0.05) is 0 Å². The molecule has 0 saturated carbocycles. The van der Waals surface area contributed by atoms with E-state index in [9.17, 15) is 32.0 Å². The van der Waals surface area contributed by atoms with E-state index in [4.69, 9.17) is 0 Å². The molecule has 1 aromatic carbocycles. The molecule has 3 unspecified atom stereocenters. The van der Waals surface area contributed by atoms with E-state index >= 15 is 0 Å². The molecule has 3 N–H and O–H groups in total. The zero-order valence-corrected chi connectivity index (χ0v) is 22.5. The number of amides is 2. The van der Waals surface area contributed by atoms with Crippen LogP contribution in [-0.2, 0) is 19.4 Å². The van der Waals surface area contributed by atoms with Gasteiger partial charge in [0.1, 0.15) is 6.17 Å². The summed E-state index contributed by atoms with van der Waals surface area (Å²) in [5, 5.41) is 17.3. The third-order valence-corrected chi connectivity index (χ3v) is 10.00. The number of fused-ring (bicyclic) bond motifs is 1. The first kappa shape index (κ1) is 28.2. The number of hydrazine groups is 1. The lowest BCUT2D eigenvalue weighted by atomic mass is 9.81. The zero-order valence-electron chi connectivity index (χ0n) is 21.7. The van der Waals surface area contributed by atoms with Gasteiger partial charge in [0.25, 0.3) is 5.91 Å². The van der Waals surface area contributed by atoms with E-state index in [1.54, 1.807) is 26.0 Å². The summed E-state index contributed by atoms with van der Waals surface area (Å²) in [6.45, 7) is 4.44. The number of alkyl halides is 2. The maximum Gasteiger partial charge on any atom is 0.322 e. The molecule has 0 aromatic heterocycles. The number of likely N-dealkylation sites (tertiary alicyclic amines) is 1. The van der Waals surface area contributed by atoms with Crippen LogP contribution in [0.5, 0.6) is 0 Å². The molecule has 0 aliphatic carbocycles. The number of carbonyl (C=O) groups excluding carboxylic acids is 2. The molecule has 3 heterocycles. The van der Waals surface area contributed by atoms with Crippen LogP contribution in [0, 0.1) is 17.2 Å². The number of rotatable bonds is 7. The van der Waals surface area contributed by atoms with Crippen molar-refractivity contribution in [2.45, 2.75) is 80.3 Å². The van der Waals surface area contributed by atoms with E-state index in [2.05, 4.69) is 22.1 Å². The highest BCUT2D eigenvalue weighted by Gasteiger charge is 2.55. The maximum absolute atomic E-state index is 13.6. The maximum atomic E-state index is 13.6. The molecular formula is C25H34F2N6O4S. The average Bonchev–Trinajstić information content (AvgIpc) is 3.24. The summed E-state index contributed by atoms with van der Waals surface area (Å²) in [4.78, 5) is 26.5. The van der Waals surface area contributed by atoms with Gasteiger partial charge >= 0.3 is 5.92 Å². The second-order valence-corrected chi connectivity index (χ2v) is 13.2. The first-order valence-corrected chi connectivity index (χ1v) is 14.3. The monoisotopic (exact) mass is 552 g/mol. The molecule has 3 saturated heterocycles. The molecule has 208 valence electrons. The van der Waals surface area contributed by atoms with Crippen LogP contribution in [0.25, 0.3) is 0 Å². The van der Waals surface area contributed by atoms with Crippen LogP contribution in [0.1, 0.15) is 46.5 Å². The summed E-state index contributed by atoms with van der Waals surface area (Å²) < 4.78 is 52.2. The van der Waals surface area contributed by atoms with Gasteiger partial charge in [0, 0.05) is 38.3 Å². The summed E-state index contributed by atoms with van der Waals surface area (Å²) >= 11 is 0. The van der Waals surface area contributed by atoms with Crippen LogP contribution >= 0.6 is 0 Å². The van der Waals surface area contributed by atoms with Crippen LogP contribution in [0.3, 0.4) is 0 Å². The number of hydrogen-bond acceptors (Lipinski definition) is 8. The molecule has 4 rings (SSSR count). The molecule has 3 atom stereocenters. The van der Waals surface area contributed by atoms with E-state index in [1.807, 2.05) is 5.01 Å². The number of hydrogen-bond donors (Lipinski definition) is 3. The lowest BCUT2D eigenvalue weighted by molar-refractivity contribution is -0.158. The van der Waals surface area contributed by atoms with Gasteiger partial charge in [0.15, 0.2) is 9.84 Å². The molecule has 0 bridgehead atoms. The number of piperidine rings is 2. The molecule has 3 aliphatic heterocycles. The van der Waals surface area contributed by atoms with Crippen molar-refractivity contribution in [2.24, 2.45) is 5.92 Å². The fraction of sp³-hybridized carbons (Fsp3) is 0.640. The minimum absolute atomic E-state index is 0.0790. The highest BCUT2D eigenvalue weighted by molar-refractivity contribution is 7.92. The van der Waals surface area contributed by atoms with Gasteiger partial charge in [-0.05, 0) is 57.4 Å². The molecule has 1 aromatic rings. The number of halogens is 2. The van der Waals surface area contributed by atoms with Crippen molar-refractivity contribution in [1.29, 1.82) is 5.26 Å². The third-order valence-electron chi connectivity index (χ3n) is 7.83. The molecule has 0 radical (unpaired) electrons. The Morgan fingerprint density at radius 3 is 2.45 bits per heavy atom. The number of nitrogens with zero attached hydrogens (tertiary/aromatic N) is 3. The Kier molecular flexibility index (Phi) is 7.71. The third kappa shape index (κ3) is 5.21. The van der Waals surface area contributed by atoms with Crippen LogP contribution in [-0.4, -0.2) is 78.7 Å². The summed E-state index contributed by atoms with van der Waals surface area (Å²) in [5.74, 6) is -5.36. The Balaban J connectivity index is 1.57. The zero-order chi connectivity index (χ0) is 27.9. The number of nitriles is 1. The number of anilines is 1. The largest absolute Gasteiger partial charge is 0.368 e. The molecule has 3 aliphatic rings. The minimum atomic E-state index is -3.47. The molecule has 0 spiro atoms. The smallest absolute Gasteiger partial charge is 0.322 e. The molecular weight excluding hydrogens is 518 g/mol. The second kappa shape index (κ2) is 10.4. The van der Waals surface area contributed by atoms with E-state index in [0.717, 1.165) is 4.90 Å². The van der Waals surface area contributed by atoms with Gasteiger partial charge in [-0.2, -0.15) is 14.0 Å². The molecule has 13 heteroatoms. The van der Waals surface area contributed by atoms with Crippen molar-refractivity contribution in [3.63, 3.8) is 0 Å². The Hall–Kier alpha value is -2.82. The Bertz CT molecular complexity index is 1200. The topological polar surface area (TPSA) is 135 Å².